The van der Waals surface area contributed by atoms with Crippen LogP contribution in [-0.4, -0.2) is 18.4 Å². The zero-order valence-corrected chi connectivity index (χ0v) is 16.1. The number of carbonyl (C=O) groups is 2. The third-order valence-electron chi connectivity index (χ3n) is 4.19. The first-order chi connectivity index (χ1) is 12.2. The van der Waals surface area contributed by atoms with E-state index in [0.717, 1.165) is 23.2 Å². The number of hydrogen-bond donors (Lipinski definition) is 2. The van der Waals surface area contributed by atoms with Gasteiger partial charge in [0, 0.05) is 19.2 Å². The van der Waals surface area contributed by atoms with Gasteiger partial charge >= 0.3 is 0 Å². The highest BCUT2D eigenvalue weighted by Crippen LogP contribution is 2.22. The van der Waals surface area contributed by atoms with Gasteiger partial charge in [-0.1, -0.05) is 57.2 Å². The van der Waals surface area contributed by atoms with Gasteiger partial charge in [-0.15, -0.1) is 0 Å². The molecule has 0 bridgehead atoms. The van der Waals surface area contributed by atoms with Crippen molar-refractivity contribution < 1.29 is 9.59 Å². The second-order valence-electron chi connectivity index (χ2n) is 7.60. The minimum Gasteiger partial charge on any atom is -0.355 e. The van der Waals surface area contributed by atoms with Crippen LogP contribution in [0, 0.1) is 0 Å². The van der Waals surface area contributed by atoms with E-state index in [1.165, 1.54) is 12.5 Å². The van der Waals surface area contributed by atoms with Crippen molar-refractivity contribution in [3.05, 3.63) is 65.2 Å². The first kappa shape index (κ1) is 19.7. The molecule has 2 rings (SSSR count). The van der Waals surface area contributed by atoms with E-state index < -0.39 is 0 Å². The average molecular weight is 352 g/mol. The highest BCUT2D eigenvalue weighted by Gasteiger charge is 2.13. The summed E-state index contributed by atoms with van der Waals surface area (Å²) in [5.74, 6) is -0.0519. The smallest absolute Gasteiger partial charge is 0.224 e. The summed E-state index contributed by atoms with van der Waals surface area (Å²) < 4.78 is 0. The molecule has 0 heterocycles. The van der Waals surface area contributed by atoms with Crippen LogP contribution in [-0.2, 0) is 27.8 Å². The predicted molar refractivity (Wildman–Crippen MR) is 106 cm³/mol. The molecule has 0 saturated carbocycles. The van der Waals surface area contributed by atoms with E-state index >= 15 is 0 Å². The molecular formula is C22H28N2O2. The third-order valence-corrected chi connectivity index (χ3v) is 4.19. The second kappa shape index (κ2) is 8.65. The lowest BCUT2D eigenvalue weighted by molar-refractivity contribution is -0.120. The van der Waals surface area contributed by atoms with Crippen LogP contribution in [0.2, 0.25) is 0 Å². The number of amides is 2. The molecule has 0 aromatic heterocycles. The van der Waals surface area contributed by atoms with E-state index in [0.29, 0.717) is 13.0 Å². The molecular weight excluding hydrogens is 324 g/mol. The SMILES string of the molecule is CC(=O)Nc1ccc(CCNC(=O)Cc2ccc(C(C)(C)C)cc2)cc1. The number of carbonyl (C=O) groups excluding carboxylic acids is 2. The fourth-order valence-corrected chi connectivity index (χ4v) is 2.67. The van der Waals surface area contributed by atoms with Crippen LogP contribution in [0.3, 0.4) is 0 Å². The summed E-state index contributed by atoms with van der Waals surface area (Å²) in [4.78, 5) is 23.1. The summed E-state index contributed by atoms with van der Waals surface area (Å²) in [6, 6.07) is 15.9. The molecule has 0 radical (unpaired) electrons. The molecule has 4 nitrogen and oxygen atoms in total. The van der Waals surface area contributed by atoms with Gasteiger partial charge in [-0.3, -0.25) is 9.59 Å². The Kier molecular flexibility index (Phi) is 6.56. The van der Waals surface area contributed by atoms with E-state index in [2.05, 4.69) is 43.5 Å². The zero-order chi connectivity index (χ0) is 19.2. The highest BCUT2D eigenvalue weighted by molar-refractivity contribution is 5.88. The molecule has 0 aliphatic carbocycles. The monoisotopic (exact) mass is 352 g/mol. The minimum atomic E-state index is -0.0828. The van der Waals surface area contributed by atoms with E-state index in [-0.39, 0.29) is 17.2 Å². The Morgan fingerprint density at radius 2 is 1.46 bits per heavy atom. The van der Waals surface area contributed by atoms with Crippen molar-refractivity contribution in [1.82, 2.24) is 5.32 Å². The molecule has 0 atom stereocenters. The molecule has 4 heteroatoms. The first-order valence-electron chi connectivity index (χ1n) is 8.97. The second-order valence-corrected chi connectivity index (χ2v) is 7.60. The van der Waals surface area contributed by atoms with Gasteiger partial charge < -0.3 is 10.6 Å². The van der Waals surface area contributed by atoms with Gasteiger partial charge in [0.1, 0.15) is 0 Å². The largest absolute Gasteiger partial charge is 0.355 e. The number of nitrogens with one attached hydrogen (secondary N) is 2. The first-order valence-corrected chi connectivity index (χ1v) is 8.97. The van der Waals surface area contributed by atoms with Crippen molar-refractivity contribution in [2.75, 3.05) is 11.9 Å². The van der Waals surface area contributed by atoms with Crippen molar-refractivity contribution in [2.24, 2.45) is 0 Å². The maximum atomic E-state index is 12.1. The molecule has 0 fully saturated rings. The summed E-state index contributed by atoms with van der Waals surface area (Å²) in [5, 5.41) is 5.70. The molecule has 0 saturated heterocycles. The van der Waals surface area contributed by atoms with E-state index in [9.17, 15) is 9.59 Å². The fraction of sp³-hybridized carbons (Fsp3) is 0.364. The average Bonchev–Trinajstić information content (AvgIpc) is 2.55. The van der Waals surface area contributed by atoms with Gasteiger partial charge in [0.2, 0.25) is 11.8 Å². The minimum absolute atomic E-state index is 0.0309. The molecule has 2 amide bonds. The van der Waals surface area contributed by atoms with Gasteiger partial charge in [-0.05, 0) is 40.7 Å². The van der Waals surface area contributed by atoms with Gasteiger partial charge in [0.15, 0.2) is 0 Å². The lowest BCUT2D eigenvalue weighted by Gasteiger charge is -2.19. The Bertz CT molecular complexity index is 741. The molecule has 138 valence electrons. The fourth-order valence-electron chi connectivity index (χ4n) is 2.67. The van der Waals surface area contributed by atoms with Crippen LogP contribution in [0.1, 0.15) is 44.4 Å². The third kappa shape index (κ3) is 6.36. The number of hydrogen-bond acceptors (Lipinski definition) is 2. The summed E-state index contributed by atoms with van der Waals surface area (Å²) >= 11 is 0. The van der Waals surface area contributed by atoms with Crippen LogP contribution >= 0.6 is 0 Å². The number of benzene rings is 2. The number of anilines is 1. The number of rotatable bonds is 6. The predicted octanol–water partition coefficient (Wildman–Crippen LogP) is 3.84. The molecule has 2 N–H and O–H groups in total. The van der Waals surface area contributed by atoms with Crippen molar-refractivity contribution in [3.8, 4) is 0 Å². The van der Waals surface area contributed by atoms with E-state index in [4.69, 9.17) is 0 Å². The van der Waals surface area contributed by atoms with Crippen LogP contribution in [0.15, 0.2) is 48.5 Å². The Hall–Kier alpha value is -2.62. The van der Waals surface area contributed by atoms with Gasteiger partial charge in [-0.25, -0.2) is 0 Å². The molecule has 0 aliphatic rings. The Labute approximate surface area is 156 Å². The van der Waals surface area contributed by atoms with Gasteiger partial charge in [0.05, 0.1) is 6.42 Å². The van der Waals surface area contributed by atoms with Crippen molar-refractivity contribution in [3.63, 3.8) is 0 Å². The standard InChI is InChI=1S/C22H28N2O2/c1-16(25)24-20-11-7-17(8-12-20)13-14-23-21(26)15-18-5-9-19(10-6-18)22(2,3)4/h5-12H,13-15H2,1-4H3,(H,23,26)(H,24,25). The maximum Gasteiger partial charge on any atom is 0.224 e. The summed E-state index contributed by atoms with van der Waals surface area (Å²) in [7, 11) is 0. The van der Waals surface area contributed by atoms with Crippen LogP contribution < -0.4 is 10.6 Å². The Morgan fingerprint density at radius 3 is 2.00 bits per heavy atom. The van der Waals surface area contributed by atoms with Crippen molar-refractivity contribution in [2.45, 2.75) is 46.0 Å². The summed E-state index contributed by atoms with van der Waals surface area (Å²) in [6.07, 6.45) is 1.15. The lowest BCUT2D eigenvalue weighted by Crippen LogP contribution is -2.27. The lowest BCUT2D eigenvalue weighted by atomic mass is 9.86. The quantitative estimate of drug-likeness (QED) is 0.830. The van der Waals surface area contributed by atoms with E-state index in [1.807, 2.05) is 36.4 Å². The van der Waals surface area contributed by atoms with Crippen LogP contribution in [0.25, 0.3) is 0 Å². The Balaban J connectivity index is 1.77. The van der Waals surface area contributed by atoms with Crippen molar-refractivity contribution in [1.29, 1.82) is 0 Å². The molecule has 2 aromatic rings. The van der Waals surface area contributed by atoms with Crippen LogP contribution in [0.4, 0.5) is 5.69 Å². The topological polar surface area (TPSA) is 58.2 Å². The van der Waals surface area contributed by atoms with Gasteiger partial charge in [0.25, 0.3) is 0 Å². The summed E-state index contributed by atoms with van der Waals surface area (Å²) in [6.45, 7) is 8.62. The van der Waals surface area contributed by atoms with Crippen LogP contribution in [0.5, 0.6) is 0 Å². The molecule has 26 heavy (non-hydrogen) atoms. The molecule has 0 unspecified atom stereocenters. The molecule has 0 aliphatic heterocycles. The van der Waals surface area contributed by atoms with Crippen molar-refractivity contribution >= 4 is 17.5 Å². The molecule has 0 spiro atoms. The van der Waals surface area contributed by atoms with E-state index in [1.54, 1.807) is 0 Å². The zero-order valence-electron chi connectivity index (χ0n) is 16.1. The maximum absolute atomic E-state index is 12.1. The summed E-state index contributed by atoms with van der Waals surface area (Å²) in [5.41, 5.74) is 4.31. The normalized spacial score (nSPS) is 11.1. The highest BCUT2D eigenvalue weighted by atomic mass is 16.2. The van der Waals surface area contributed by atoms with Gasteiger partial charge in [-0.2, -0.15) is 0 Å². The molecule has 2 aromatic carbocycles. The Morgan fingerprint density at radius 1 is 0.885 bits per heavy atom.